The number of carbonyl (C=O) groups is 3. The van der Waals surface area contributed by atoms with E-state index in [0.29, 0.717) is 19.5 Å². The molecule has 10 nitrogen and oxygen atoms in total. The molecule has 0 aromatic carbocycles. The average Bonchev–Trinajstić information content (AvgIpc) is 2.53. The van der Waals surface area contributed by atoms with Gasteiger partial charge in [0.1, 0.15) is 11.3 Å². The Labute approximate surface area is 151 Å². The molecule has 4 N–H and O–H groups in total. The van der Waals surface area contributed by atoms with Gasteiger partial charge in [0.2, 0.25) is 5.91 Å². The molecule has 10 heteroatoms. The van der Waals surface area contributed by atoms with Gasteiger partial charge in [-0.05, 0) is 33.3 Å². The molecule has 3 amide bonds. The van der Waals surface area contributed by atoms with Gasteiger partial charge in [0.05, 0.1) is 0 Å². The molecular formula is C16H25N5O5. The maximum absolute atomic E-state index is 11.7. The fourth-order valence-corrected chi connectivity index (χ4v) is 1.76. The first-order valence-electron chi connectivity index (χ1n) is 8.25. The topological polar surface area (TPSA) is 142 Å². The normalized spacial score (nSPS) is 10.7. The molecule has 0 radical (unpaired) electrons. The Morgan fingerprint density at radius 2 is 1.77 bits per heavy atom. The number of amides is 3. The van der Waals surface area contributed by atoms with Crippen molar-refractivity contribution >= 4 is 17.9 Å². The highest BCUT2D eigenvalue weighted by atomic mass is 16.6. The van der Waals surface area contributed by atoms with Crippen molar-refractivity contribution in [1.82, 2.24) is 26.1 Å². The summed E-state index contributed by atoms with van der Waals surface area (Å²) in [6.45, 7) is 6.16. The summed E-state index contributed by atoms with van der Waals surface area (Å²) in [5, 5.41) is 13.6. The summed E-state index contributed by atoms with van der Waals surface area (Å²) in [7, 11) is 0. The van der Waals surface area contributed by atoms with Gasteiger partial charge in [-0.1, -0.05) is 0 Å². The van der Waals surface area contributed by atoms with Crippen molar-refractivity contribution in [3.8, 4) is 0 Å². The molecule has 1 heterocycles. The van der Waals surface area contributed by atoms with Crippen LogP contribution in [0.1, 0.15) is 44.1 Å². The summed E-state index contributed by atoms with van der Waals surface area (Å²) in [6.07, 6.45) is 0.0941. The highest BCUT2D eigenvalue weighted by molar-refractivity contribution is 5.91. The van der Waals surface area contributed by atoms with Gasteiger partial charge in [-0.3, -0.25) is 14.4 Å². The fourth-order valence-electron chi connectivity index (χ4n) is 1.76. The highest BCUT2D eigenvalue weighted by Gasteiger charge is 2.15. The van der Waals surface area contributed by atoms with E-state index in [1.807, 2.05) is 0 Å². The van der Waals surface area contributed by atoms with E-state index in [0.717, 1.165) is 0 Å². The summed E-state index contributed by atoms with van der Waals surface area (Å²) in [5.74, 6) is -0.621. The van der Waals surface area contributed by atoms with Crippen LogP contribution < -0.4 is 21.5 Å². The van der Waals surface area contributed by atoms with Crippen molar-refractivity contribution in [2.24, 2.45) is 0 Å². The van der Waals surface area contributed by atoms with Crippen molar-refractivity contribution in [2.45, 2.75) is 39.2 Å². The molecule has 1 aromatic rings. The van der Waals surface area contributed by atoms with E-state index in [9.17, 15) is 19.2 Å². The van der Waals surface area contributed by atoms with E-state index in [4.69, 9.17) is 4.74 Å². The van der Waals surface area contributed by atoms with E-state index in [1.165, 1.54) is 12.1 Å². The first kappa shape index (κ1) is 21.1. The Kier molecular flexibility index (Phi) is 8.26. The SMILES string of the molecule is CC(C)(C)OC(=O)NCCC(=O)NCCCNC(=O)c1ccc(=O)[nH]n1. The second-order valence-corrected chi connectivity index (χ2v) is 6.44. The molecule has 0 aliphatic heterocycles. The molecule has 26 heavy (non-hydrogen) atoms. The van der Waals surface area contributed by atoms with Crippen molar-refractivity contribution in [1.29, 1.82) is 0 Å². The quantitative estimate of drug-likeness (QED) is 0.473. The molecule has 0 fully saturated rings. The van der Waals surface area contributed by atoms with Crippen LogP contribution in [0, 0.1) is 0 Å². The number of H-pyrrole nitrogens is 1. The zero-order chi connectivity index (χ0) is 19.6. The van der Waals surface area contributed by atoms with Gasteiger partial charge >= 0.3 is 6.09 Å². The molecule has 0 atom stereocenters. The third-order valence-electron chi connectivity index (χ3n) is 2.89. The second kappa shape index (κ2) is 10.2. The standard InChI is InChI=1S/C16H25N5O5/c1-16(2,3)26-15(25)19-10-7-12(22)17-8-4-9-18-14(24)11-5-6-13(23)21-20-11/h5-6H,4,7-10H2,1-3H3,(H,17,22)(H,18,24)(H,19,25)(H,21,23). The van der Waals surface area contributed by atoms with Gasteiger partial charge in [-0.25, -0.2) is 9.89 Å². The monoisotopic (exact) mass is 367 g/mol. The number of nitrogens with one attached hydrogen (secondary N) is 4. The molecule has 0 spiro atoms. The minimum absolute atomic E-state index is 0.113. The molecule has 0 aliphatic rings. The van der Waals surface area contributed by atoms with E-state index in [-0.39, 0.29) is 30.1 Å². The number of carbonyl (C=O) groups excluding carboxylic acids is 3. The Bertz CT molecular complexity index is 660. The van der Waals surface area contributed by atoms with Crippen molar-refractivity contribution in [3.63, 3.8) is 0 Å². The van der Waals surface area contributed by atoms with Gasteiger partial charge in [0, 0.05) is 32.1 Å². The van der Waals surface area contributed by atoms with E-state index < -0.39 is 17.6 Å². The maximum Gasteiger partial charge on any atom is 0.407 e. The number of alkyl carbamates (subject to hydrolysis) is 1. The van der Waals surface area contributed by atoms with Crippen molar-refractivity contribution in [2.75, 3.05) is 19.6 Å². The molecule has 1 aromatic heterocycles. The van der Waals surface area contributed by atoms with Crippen molar-refractivity contribution in [3.05, 3.63) is 28.2 Å². The third-order valence-corrected chi connectivity index (χ3v) is 2.89. The smallest absolute Gasteiger partial charge is 0.407 e. The van der Waals surface area contributed by atoms with Gasteiger partial charge in [-0.15, -0.1) is 0 Å². The second-order valence-electron chi connectivity index (χ2n) is 6.44. The first-order valence-corrected chi connectivity index (χ1v) is 8.25. The number of hydrogen-bond donors (Lipinski definition) is 4. The summed E-state index contributed by atoms with van der Waals surface area (Å²) >= 11 is 0. The Morgan fingerprint density at radius 1 is 1.08 bits per heavy atom. The number of hydrogen-bond acceptors (Lipinski definition) is 6. The lowest BCUT2D eigenvalue weighted by molar-refractivity contribution is -0.120. The van der Waals surface area contributed by atoms with E-state index >= 15 is 0 Å². The zero-order valence-electron chi connectivity index (χ0n) is 15.2. The zero-order valence-corrected chi connectivity index (χ0v) is 15.2. The van der Waals surface area contributed by atoms with Crippen LogP contribution in [0.25, 0.3) is 0 Å². The largest absolute Gasteiger partial charge is 0.444 e. The first-order chi connectivity index (χ1) is 12.2. The summed E-state index contributed by atoms with van der Waals surface area (Å²) in [4.78, 5) is 45.6. The molecule has 0 bridgehead atoms. The van der Waals surface area contributed by atoms with E-state index in [1.54, 1.807) is 20.8 Å². The lowest BCUT2D eigenvalue weighted by atomic mass is 10.2. The minimum atomic E-state index is -0.582. The number of aromatic nitrogens is 2. The molecule has 0 aliphatic carbocycles. The minimum Gasteiger partial charge on any atom is -0.444 e. The van der Waals surface area contributed by atoms with Crippen LogP contribution in [0.3, 0.4) is 0 Å². The summed E-state index contributed by atoms with van der Waals surface area (Å²) in [6, 6.07) is 2.54. The fraction of sp³-hybridized carbons (Fsp3) is 0.562. The lowest BCUT2D eigenvalue weighted by Crippen LogP contribution is -2.35. The average molecular weight is 367 g/mol. The van der Waals surface area contributed by atoms with Crippen LogP contribution in [0.4, 0.5) is 4.79 Å². The Morgan fingerprint density at radius 3 is 2.38 bits per heavy atom. The maximum atomic E-state index is 11.7. The summed E-state index contributed by atoms with van der Waals surface area (Å²) in [5.41, 5.74) is -0.853. The lowest BCUT2D eigenvalue weighted by Gasteiger charge is -2.19. The van der Waals surface area contributed by atoms with Crippen LogP contribution in [0.15, 0.2) is 16.9 Å². The molecule has 144 valence electrons. The molecule has 0 unspecified atom stereocenters. The molecule has 0 saturated carbocycles. The van der Waals surface area contributed by atoms with Crippen LogP contribution >= 0.6 is 0 Å². The summed E-state index contributed by atoms with van der Waals surface area (Å²) < 4.78 is 5.05. The third kappa shape index (κ3) is 9.40. The molecule has 0 saturated heterocycles. The predicted octanol–water partition coefficient (Wildman–Crippen LogP) is -0.0792. The number of rotatable bonds is 8. The van der Waals surface area contributed by atoms with Gasteiger partial charge < -0.3 is 20.7 Å². The van der Waals surface area contributed by atoms with Crippen LogP contribution in [-0.4, -0.2) is 53.3 Å². The van der Waals surface area contributed by atoms with Crippen molar-refractivity contribution < 1.29 is 19.1 Å². The predicted molar refractivity (Wildman–Crippen MR) is 93.7 cm³/mol. The van der Waals surface area contributed by atoms with Gasteiger partial charge in [0.25, 0.3) is 11.5 Å². The molecular weight excluding hydrogens is 342 g/mol. The Balaban J connectivity index is 2.09. The molecule has 1 rings (SSSR count). The highest BCUT2D eigenvalue weighted by Crippen LogP contribution is 2.06. The number of nitrogens with zero attached hydrogens (tertiary/aromatic N) is 1. The van der Waals surface area contributed by atoms with E-state index in [2.05, 4.69) is 26.1 Å². The number of aromatic amines is 1. The van der Waals surface area contributed by atoms with Crippen LogP contribution in [0.5, 0.6) is 0 Å². The van der Waals surface area contributed by atoms with Crippen LogP contribution in [-0.2, 0) is 9.53 Å². The van der Waals surface area contributed by atoms with Gasteiger partial charge in [-0.2, -0.15) is 5.10 Å². The van der Waals surface area contributed by atoms with Crippen LogP contribution in [0.2, 0.25) is 0 Å². The Hall–Kier alpha value is -2.91. The number of ether oxygens (including phenoxy) is 1. The van der Waals surface area contributed by atoms with Gasteiger partial charge in [0.15, 0.2) is 0 Å².